The van der Waals surface area contributed by atoms with Crippen LogP contribution in [0, 0.1) is 11.6 Å². The molecule has 0 unspecified atom stereocenters. The molecule has 9 heteroatoms. The Labute approximate surface area is 162 Å². The van der Waals surface area contributed by atoms with Crippen molar-refractivity contribution >= 4 is 17.4 Å². The Bertz CT molecular complexity index is 1020. The van der Waals surface area contributed by atoms with Crippen LogP contribution in [-0.2, 0) is 12.7 Å². The van der Waals surface area contributed by atoms with Crippen LogP contribution in [0.3, 0.4) is 0 Å². The molecule has 0 fully saturated rings. The van der Waals surface area contributed by atoms with Gasteiger partial charge in [-0.1, -0.05) is 12.1 Å². The van der Waals surface area contributed by atoms with Crippen LogP contribution in [0.1, 0.15) is 21.5 Å². The van der Waals surface area contributed by atoms with Crippen LogP contribution in [0.25, 0.3) is 0 Å². The fourth-order valence-electron chi connectivity index (χ4n) is 2.50. The van der Waals surface area contributed by atoms with Crippen molar-refractivity contribution < 1.29 is 26.7 Å². The lowest BCUT2D eigenvalue weighted by molar-refractivity contribution is -0.137. The predicted octanol–water partition coefficient (Wildman–Crippen LogP) is 5.24. The second-order valence-corrected chi connectivity index (χ2v) is 6.03. The van der Waals surface area contributed by atoms with Gasteiger partial charge in [0.2, 0.25) is 0 Å². The summed E-state index contributed by atoms with van der Waals surface area (Å²) in [5, 5.41) is 5.16. The van der Waals surface area contributed by atoms with Crippen molar-refractivity contribution in [3.05, 3.63) is 89.1 Å². The van der Waals surface area contributed by atoms with Gasteiger partial charge in [0.25, 0.3) is 5.91 Å². The van der Waals surface area contributed by atoms with E-state index in [1.54, 1.807) is 12.1 Å². The minimum atomic E-state index is -4.69. The van der Waals surface area contributed by atoms with E-state index in [1.807, 2.05) is 0 Å². The third-order valence-corrected chi connectivity index (χ3v) is 3.97. The van der Waals surface area contributed by atoms with E-state index in [-0.39, 0.29) is 23.7 Å². The maximum Gasteiger partial charge on any atom is 0.416 e. The van der Waals surface area contributed by atoms with Crippen LogP contribution in [0.2, 0.25) is 0 Å². The first-order valence-electron chi connectivity index (χ1n) is 8.35. The Morgan fingerprint density at radius 3 is 2.38 bits per heavy atom. The Kier molecular flexibility index (Phi) is 5.76. The topological polar surface area (TPSA) is 54.0 Å². The van der Waals surface area contributed by atoms with Crippen molar-refractivity contribution in [3.63, 3.8) is 0 Å². The zero-order valence-electron chi connectivity index (χ0n) is 14.7. The smallest absolute Gasteiger partial charge is 0.365 e. The number of alkyl halides is 3. The van der Waals surface area contributed by atoms with Gasteiger partial charge in [0.1, 0.15) is 17.5 Å². The Morgan fingerprint density at radius 1 is 1.00 bits per heavy atom. The molecule has 0 aliphatic carbocycles. The zero-order chi connectivity index (χ0) is 21.0. The highest BCUT2D eigenvalue weighted by Gasteiger charge is 2.31. The van der Waals surface area contributed by atoms with Crippen molar-refractivity contribution in [2.45, 2.75) is 12.7 Å². The number of nitrogens with zero attached hydrogens (tertiary/aromatic N) is 1. The largest absolute Gasteiger partial charge is 0.416 e. The van der Waals surface area contributed by atoms with Crippen molar-refractivity contribution in [2.75, 3.05) is 10.6 Å². The predicted molar refractivity (Wildman–Crippen MR) is 97.3 cm³/mol. The molecule has 1 aromatic heterocycles. The van der Waals surface area contributed by atoms with Crippen LogP contribution in [0.15, 0.2) is 60.8 Å². The lowest BCUT2D eigenvalue weighted by Crippen LogP contribution is -2.17. The summed E-state index contributed by atoms with van der Waals surface area (Å²) in [6.45, 7) is 0.242. The maximum atomic E-state index is 14.0. The number of pyridine rings is 1. The van der Waals surface area contributed by atoms with Crippen molar-refractivity contribution in [3.8, 4) is 0 Å². The van der Waals surface area contributed by atoms with E-state index in [2.05, 4.69) is 15.6 Å². The molecule has 0 saturated heterocycles. The molecule has 29 heavy (non-hydrogen) atoms. The highest BCUT2D eigenvalue weighted by Crippen LogP contribution is 2.31. The number of halogens is 5. The fourth-order valence-corrected chi connectivity index (χ4v) is 2.50. The molecule has 0 spiro atoms. The van der Waals surface area contributed by atoms with E-state index >= 15 is 0 Å². The monoisotopic (exact) mass is 407 g/mol. The molecule has 0 bridgehead atoms. The van der Waals surface area contributed by atoms with Gasteiger partial charge in [-0.15, -0.1) is 0 Å². The normalized spacial score (nSPS) is 11.2. The quantitative estimate of drug-likeness (QED) is 0.569. The summed E-state index contributed by atoms with van der Waals surface area (Å²) in [6, 6.07) is 10.4. The van der Waals surface area contributed by atoms with Crippen molar-refractivity contribution in [1.82, 2.24) is 4.98 Å². The summed E-state index contributed by atoms with van der Waals surface area (Å²) in [4.78, 5) is 16.5. The van der Waals surface area contributed by atoms with Gasteiger partial charge < -0.3 is 10.6 Å². The third kappa shape index (κ3) is 5.07. The fraction of sp³-hybridized carbons (Fsp3) is 0.100. The van der Waals surface area contributed by atoms with E-state index in [9.17, 15) is 26.7 Å². The number of carbonyl (C=O) groups excluding carboxylic acids is 1. The molecule has 2 N–H and O–H groups in total. The van der Waals surface area contributed by atoms with Gasteiger partial charge in [0.15, 0.2) is 0 Å². The number of hydrogen-bond donors (Lipinski definition) is 2. The number of rotatable bonds is 5. The van der Waals surface area contributed by atoms with Crippen molar-refractivity contribution in [1.29, 1.82) is 0 Å². The molecule has 0 atom stereocenters. The van der Waals surface area contributed by atoms with Crippen LogP contribution in [0.4, 0.5) is 33.5 Å². The van der Waals surface area contributed by atoms with Gasteiger partial charge in [-0.05, 0) is 48.0 Å². The molecule has 4 nitrogen and oxygen atoms in total. The van der Waals surface area contributed by atoms with Gasteiger partial charge in [0.05, 0.1) is 16.8 Å². The zero-order valence-corrected chi connectivity index (χ0v) is 14.7. The number of hydrogen-bond acceptors (Lipinski definition) is 3. The summed E-state index contributed by atoms with van der Waals surface area (Å²) in [6.07, 6.45) is -3.26. The molecule has 3 aromatic rings. The number of anilines is 2. The Balaban J connectivity index is 1.75. The third-order valence-electron chi connectivity index (χ3n) is 3.97. The molecule has 0 saturated carbocycles. The average Bonchev–Trinajstić information content (AvgIpc) is 2.68. The van der Waals surface area contributed by atoms with E-state index < -0.39 is 29.2 Å². The number of nitrogens with one attached hydrogen (secondary N) is 2. The summed E-state index contributed by atoms with van der Waals surface area (Å²) in [5.74, 6) is -2.16. The number of aromatic nitrogens is 1. The standard InChI is InChI=1S/C20H14F5N3O/c21-14-6-3-12(4-7-14)11-27-18-15(2-1-9-26-18)19(29)28-17-8-5-13(10-16(17)22)20(23,24)25/h1-10H,11H2,(H,26,27)(H,28,29). The summed E-state index contributed by atoms with van der Waals surface area (Å²) in [7, 11) is 0. The first kappa shape index (κ1) is 20.2. The number of carbonyl (C=O) groups is 1. The lowest BCUT2D eigenvalue weighted by Gasteiger charge is -2.13. The van der Waals surface area contributed by atoms with Gasteiger partial charge in [-0.25, -0.2) is 13.8 Å². The van der Waals surface area contributed by atoms with Crippen LogP contribution in [-0.4, -0.2) is 10.9 Å². The van der Waals surface area contributed by atoms with Crippen LogP contribution >= 0.6 is 0 Å². The van der Waals surface area contributed by atoms with E-state index in [4.69, 9.17) is 0 Å². The molecule has 0 aliphatic rings. The second kappa shape index (κ2) is 8.26. The molecule has 2 aromatic carbocycles. The molecule has 1 heterocycles. The van der Waals surface area contributed by atoms with Gasteiger partial charge in [-0.3, -0.25) is 4.79 Å². The van der Waals surface area contributed by atoms with Gasteiger partial charge in [-0.2, -0.15) is 13.2 Å². The molecule has 0 radical (unpaired) electrons. The van der Waals surface area contributed by atoms with Gasteiger partial charge in [0, 0.05) is 12.7 Å². The average molecular weight is 407 g/mol. The SMILES string of the molecule is O=C(Nc1ccc(C(F)(F)F)cc1F)c1cccnc1NCc1ccc(F)cc1. The maximum absolute atomic E-state index is 14.0. The molecule has 0 aliphatic heterocycles. The van der Waals surface area contributed by atoms with Crippen molar-refractivity contribution in [2.24, 2.45) is 0 Å². The first-order valence-corrected chi connectivity index (χ1v) is 8.35. The number of benzene rings is 2. The Morgan fingerprint density at radius 2 is 1.72 bits per heavy atom. The molecule has 3 rings (SSSR count). The summed E-state index contributed by atoms with van der Waals surface area (Å²) >= 11 is 0. The molecular weight excluding hydrogens is 393 g/mol. The summed E-state index contributed by atoms with van der Waals surface area (Å²) in [5.41, 5.74) is -0.751. The highest BCUT2D eigenvalue weighted by molar-refractivity contribution is 6.07. The lowest BCUT2D eigenvalue weighted by atomic mass is 10.1. The molecule has 1 amide bonds. The van der Waals surface area contributed by atoms with E-state index in [0.717, 1.165) is 11.6 Å². The minimum absolute atomic E-state index is 0.0638. The second-order valence-electron chi connectivity index (χ2n) is 6.03. The van der Waals surface area contributed by atoms with E-state index in [1.165, 1.54) is 30.5 Å². The highest BCUT2D eigenvalue weighted by atomic mass is 19.4. The first-order chi connectivity index (χ1) is 13.7. The van der Waals surface area contributed by atoms with Gasteiger partial charge >= 0.3 is 6.18 Å². The van der Waals surface area contributed by atoms with Crippen LogP contribution < -0.4 is 10.6 Å². The minimum Gasteiger partial charge on any atom is -0.365 e. The molecular formula is C20H14F5N3O. The molecule has 150 valence electrons. The van der Waals surface area contributed by atoms with E-state index in [0.29, 0.717) is 12.1 Å². The van der Waals surface area contributed by atoms with Crippen LogP contribution in [0.5, 0.6) is 0 Å². The summed E-state index contributed by atoms with van der Waals surface area (Å²) < 4.78 is 64.9. The Hall–Kier alpha value is -3.49. The number of amides is 1.